The number of nitrogens with zero attached hydrogens (tertiary/aromatic N) is 11. The van der Waals surface area contributed by atoms with Crippen molar-refractivity contribution in [2.75, 3.05) is 25.5 Å². The van der Waals surface area contributed by atoms with Crippen molar-refractivity contribution in [2.24, 2.45) is 11.5 Å². The van der Waals surface area contributed by atoms with Crippen LogP contribution < -0.4 is 21.5 Å². The number of carbonyl (C=O) groups is 4. The second kappa shape index (κ2) is 17.3. The van der Waals surface area contributed by atoms with Crippen LogP contribution in [-0.4, -0.2) is 103 Å². The molecule has 0 spiro atoms. The number of nitrogens with one attached hydrogen (secondary N) is 1. The Morgan fingerprint density at radius 3 is 2.23 bits per heavy atom. The molecule has 6 heterocycles. The lowest BCUT2D eigenvalue weighted by atomic mass is 10.1. The van der Waals surface area contributed by atoms with Gasteiger partial charge in [-0.2, -0.15) is 10.2 Å². The van der Waals surface area contributed by atoms with Crippen molar-refractivity contribution in [1.29, 1.82) is 0 Å². The van der Waals surface area contributed by atoms with Gasteiger partial charge in [0.25, 0.3) is 5.91 Å². The molecule has 316 valence electrons. The standard InChI is InChI=1S/C41H46N14O6/c1-6-54-30(16-23(3)49-54)36-44-22-28-27-18-25(34(42)56)20-32(61-15-11-10-12-51(5)41(59)60)33(27)52(37(28)47-36)13-8-9-14-53-38-29(19-26(21-45-38)35(43)57)46-40(53)48-39(58)31-17-24(4)50-55(31)7-2/h8-9,16-22H,6-7,10-15H2,1-5H3,(H2,42,56)(H2,43,57)(H,59,60)(H,46,48,58). The predicted octanol–water partition coefficient (Wildman–Crippen LogP) is 4.52. The lowest BCUT2D eigenvalue weighted by Gasteiger charge is -2.14. The predicted molar refractivity (Wildman–Crippen MR) is 226 cm³/mol. The van der Waals surface area contributed by atoms with Crippen LogP contribution in [0.1, 0.15) is 69.3 Å². The van der Waals surface area contributed by atoms with E-state index in [2.05, 4.69) is 25.5 Å². The minimum atomic E-state index is -1.02. The summed E-state index contributed by atoms with van der Waals surface area (Å²) in [6.07, 6.45) is 6.95. The molecule has 0 radical (unpaired) electrons. The largest absolute Gasteiger partial charge is 0.491 e. The molecule has 20 heteroatoms. The normalized spacial score (nSPS) is 11.6. The number of fused-ring (bicyclic) bond motifs is 4. The Hall–Kier alpha value is -7.64. The number of carboxylic acid groups (broad SMARTS) is 1. The van der Waals surface area contributed by atoms with Gasteiger partial charge in [-0.15, -0.1) is 0 Å². The van der Waals surface area contributed by atoms with Crippen LogP contribution >= 0.6 is 0 Å². The second-order valence-electron chi connectivity index (χ2n) is 14.4. The molecule has 6 aromatic heterocycles. The number of hydrogen-bond acceptors (Lipinski definition) is 11. The number of amides is 4. The topological polar surface area (TPSA) is 262 Å². The number of nitrogens with two attached hydrogens (primary N) is 2. The Morgan fingerprint density at radius 1 is 0.820 bits per heavy atom. The van der Waals surface area contributed by atoms with Gasteiger partial charge in [0.1, 0.15) is 28.3 Å². The van der Waals surface area contributed by atoms with Crippen LogP contribution in [0, 0.1) is 13.8 Å². The van der Waals surface area contributed by atoms with E-state index in [-0.39, 0.29) is 36.8 Å². The van der Waals surface area contributed by atoms with Crippen LogP contribution in [0.25, 0.3) is 44.6 Å². The molecule has 0 atom stereocenters. The van der Waals surface area contributed by atoms with E-state index in [1.807, 2.05) is 48.2 Å². The third-order valence-corrected chi connectivity index (χ3v) is 10.1. The molecule has 4 amide bonds. The molecule has 0 aliphatic rings. The lowest BCUT2D eigenvalue weighted by molar-refractivity contribution is 0.0991. The zero-order valence-corrected chi connectivity index (χ0v) is 34.4. The lowest BCUT2D eigenvalue weighted by Crippen LogP contribution is -2.25. The maximum atomic E-state index is 13.6. The molecule has 7 rings (SSSR count). The number of hydrogen-bond donors (Lipinski definition) is 4. The summed E-state index contributed by atoms with van der Waals surface area (Å²) >= 11 is 0. The number of anilines is 1. The summed E-state index contributed by atoms with van der Waals surface area (Å²) in [6.45, 7) is 9.69. The summed E-state index contributed by atoms with van der Waals surface area (Å²) < 4.78 is 13.4. The second-order valence-corrected chi connectivity index (χ2v) is 14.4. The molecule has 0 aliphatic heterocycles. The van der Waals surface area contributed by atoms with Crippen molar-refractivity contribution in [3.63, 3.8) is 0 Å². The third-order valence-electron chi connectivity index (χ3n) is 10.1. The minimum absolute atomic E-state index is 0.167. The Bertz CT molecular complexity index is 2870. The highest BCUT2D eigenvalue weighted by Crippen LogP contribution is 2.36. The molecule has 7 aromatic rings. The highest BCUT2D eigenvalue weighted by atomic mass is 16.5. The van der Waals surface area contributed by atoms with E-state index in [9.17, 15) is 24.3 Å². The molecule has 0 unspecified atom stereocenters. The number of unbranched alkanes of at least 4 members (excludes halogenated alkanes) is 1. The first-order chi connectivity index (χ1) is 29.3. The van der Waals surface area contributed by atoms with Crippen molar-refractivity contribution in [1.82, 2.24) is 53.5 Å². The summed E-state index contributed by atoms with van der Waals surface area (Å²) in [5.74, 6) is -0.689. The van der Waals surface area contributed by atoms with E-state index >= 15 is 0 Å². The molecule has 61 heavy (non-hydrogen) atoms. The van der Waals surface area contributed by atoms with Crippen molar-refractivity contribution in [2.45, 2.75) is 66.7 Å². The van der Waals surface area contributed by atoms with Crippen LogP contribution in [-0.2, 0) is 26.2 Å². The van der Waals surface area contributed by atoms with Crippen molar-refractivity contribution < 1.29 is 29.0 Å². The van der Waals surface area contributed by atoms with Gasteiger partial charge in [-0.1, -0.05) is 12.2 Å². The highest BCUT2D eigenvalue weighted by Gasteiger charge is 2.22. The number of pyridine rings is 1. The van der Waals surface area contributed by atoms with E-state index < -0.39 is 23.8 Å². The van der Waals surface area contributed by atoms with Gasteiger partial charge in [0.2, 0.25) is 17.8 Å². The Morgan fingerprint density at radius 2 is 1.52 bits per heavy atom. The fraction of sp³-hybridized carbons (Fsp3) is 0.317. The molecule has 1 aromatic carbocycles. The fourth-order valence-electron chi connectivity index (χ4n) is 7.12. The molecule has 0 aliphatic carbocycles. The summed E-state index contributed by atoms with van der Waals surface area (Å²) in [5.41, 5.74) is 16.3. The highest BCUT2D eigenvalue weighted by molar-refractivity contribution is 6.12. The average molecular weight is 831 g/mol. The molecule has 6 N–H and O–H groups in total. The number of carbonyl (C=O) groups excluding carboxylic acids is 3. The van der Waals surface area contributed by atoms with E-state index in [0.717, 1.165) is 11.4 Å². The van der Waals surface area contributed by atoms with Crippen molar-refractivity contribution in [3.8, 4) is 17.3 Å². The molecule has 0 bridgehead atoms. The average Bonchev–Trinajstić information content (AvgIpc) is 3.99. The van der Waals surface area contributed by atoms with E-state index in [4.69, 9.17) is 26.2 Å². The summed E-state index contributed by atoms with van der Waals surface area (Å²) in [4.78, 5) is 69.6. The monoisotopic (exact) mass is 830 g/mol. The number of imidazole rings is 1. The van der Waals surface area contributed by atoms with Gasteiger partial charge >= 0.3 is 6.09 Å². The van der Waals surface area contributed by atoms with E-state index in [0.29, 0.717) is 88.5 Å². The number of aryl methyl sites for hydroxylation is 4. The smallest absolute Gasteiger partial charge is 0.407 e. The van der Waals surface area contributed by atoms with Crippen LogP contribution in [0.5, 0.6) is 5.75 Å². The Balaban J connectivity index is 1.28. The van der Waals surface area contributed by atoms with Crippen molar-refractivity contribution >= 4 is 62.9 Å². The minimum Gasteiger partial charge on any atom is -0.491 e. The van der Waals surface area contributed by atoms with E-state index in [1.54, 1.807) is 40.6 Å². The fourth-order valence-corrected chi connectivity index (χ4v) is 7.12. The van der Waals surface area contributed by atoms with Gasteiger partial charge in [0.05, 0.1) is 29.1 Å². The molecule has 0 saturated carbocycles. The maximum absolute atomic E-state index is 13.6. The number of ether oxygens (including phenoxy) is 1. The molecule has 20 nitrogen and oxygen atoms in total. The Labute approximate surface area is 348 Å². The molecule has 0 saturated heterocycles. The quantitative estimate of drug-likeness (QED) is 0.0729. The van der Waals surface area contributed by atoms with Gasteiger partial charge in [0.15, 0.2) is 11.5 Å². The summed E-state index contributed by atoms with van der Waals surface area (Å²) in [5, 5.41) is 22.4. The number of allylic oxidation sites excluding steroid dienone is 2. The first-order valence-electron chi connectivity index (χ1n) is 19.7. The van der Waals surface area contributed by atoms with Crippen LogP contribution in [0.15, 0.2) is 54.9 Å². The van der Waals surface area contributed by atoms with Crippen LogP contribution in [0.4, 0.5) is 10.7 Å². The number of rotatable bonds is 17. The van der Waals surface area contributed by atoms with E-state index in [1.165, 1.54) is 24.2 Å². The SMILES string of the molecule is CCn1nc(C)cc1C(=O)Nc1nc2cc(C(N)=O)cnc2n1CC=CCn1c2nc(-c3cc(C)nn3CC)ncc2c2cc(C(N)=O)cc(OCCCCN(C)C(=O)O)c21. The maximum Gasteiger partial charge on any atom is 0.407 e. The van der Waals surface area contributed by atoms with Gasteiger partial charge in [-0.05, 0) is 70.9 Å². The van der Waals surface area contributed by atoms with Gasteiger partial charge in [0, 0.05) is 68.5 Å². The van der Waals surface area contributed by atoms with Crippen LogP contribution in [0.2, 0.25) is 0 Å². The Kier molecular flexibility index (Phi) is 11.8. The van der Waals surface area contributed by atoms with Gasteiger partial charge < -0.3 is 30.8 Å². The van der Waals surface area contributed by atoms with Gasteiger partial charge in [-0.3, -0.25) is 33.6 Å². The number of primary amides is 2. The zero-order chi connectivity index (χ0) is 43.5. The summed E-state index contributed by atoms with van der Waals surface area (Å²) in [6, 6.07) is 8.43. The number of benzene rings is 1. The van der Waals surface area contributed by atoms with Gasteiger partial charge in [-0.25, -0.2) is 24.7 Å². The van der Waals surface area contributed by atoms with Crippen LogP contribution in [0.3, 0.4) is 0 Å². The molecule has 0 fully saturated rings. The first-order valence-corrected chi connectivity index (χ1v) is 19.7. The zero-order valence-electron chi connectivity index (χ0n) is 34.4. The summed E-state index contributed by atoms with van der Waals surface area (Å²) in [7, 11) is 1.51. The molecular formula is C41H46N14O6. The first kappa shape index (κ1) is 41.5. The van der Waals surface area contributed by atoms with Crippen molar-refractivity contribution in [3.05, 3.63) is 83.1 Å². The number of aromatic nitrogens is 10. The third kappa shape index (κ3) is 8.45. The molecular weight excluding hydrogens is 785 g/mol.